The van der Waals surface area contributed by atoms with Gasteiger partial charge in [0.05, 0.1) is 10.7 Å². The molecule has 0 amide bonds. The standard InChI is InChI=1S/C19H20Cl2N4/c1-4-17-12(3)25(5-2)19(24-17)13-10-16(21)18(22-11-13)23-15-8-6-14(20)7-9-15/h6-11H,4-5H2,1-3H3,(H,22,23). The van der Waals surface area contributed by atoms with Gasteiger partial charge in [-0.1, -0.05) is 30.1 Å². The number of aryl methyl sites for hydroxylation is 1. The number of hydrogen-bond donors (Lipinski definition) is 1. The minimum Gasteiger partial charge on any atom is -0.339 e. The Morgan fingerprint density at radius 2 is 1.84 bits per heavy atom. The first kappa shape index (κ1) is 17.8. The number of aromatic nitrogens is 3. The molecule has 3 rings (SSSR count). The Balaban J connectivity index is 1.93. The number of pyridine rings is 1. The first-order chi connectivity index (χ1) is 12.0. The largest absolute Gasteiger partial charge is 0.339 e. The quantitative estimate of drug-likeness (QED) is 0.605. The summed E-state index contributed by atoms with van der Waals surface area (Å²) in [4.78, 5) is 9.25. The van der Waals surface area contributed by atoms with Crippen molar-refractivity contribution in [3.63, 3.8) is 0 Å². The second-order valence-electron chi connectivity index (χ2n) is 5.75. The van der Waals surface area contributed by atoms with Gasteiger partial charge in [-0.25, -0.2) is 9.97 Å². The summed E-state index contributed by atoms with van der Waals surface area (Å²) in [5, 5.41) is 4.44. The van der Waals surface area contributed by atoms with E-state index < -0.39 is 0 Å². The molecule has 0 saturated carbocycles. The van der Waals surface area contributed by atoms with E-state index in [9.17, 15) is 0 Å². The fourth-order valence-electron chi connectivity index (χ4n) is 2.85. The lowest BCUT2D eigenvalue weighted by atomic mass is 10.2. The Kier molecular flexibility index (Phi) is 5.30. The zero-order chi connectivity index (χ0) is 18.0. The van der Waals surface area contributed by atoms with Gasteiger partial charge in [-0.05, 0) is 50.6 Å². The summed E-state index contributed by atoms with van der Waals surface area (Å²) in [6, 6.07) is 9.31. The molecule has 0 atom stereocenters. The van der Waals surface area contributed by atoms with Crippen LogP contribution in [0.4, 0.5) is 11.5 Å². The summed E-state index contributed by atoms with van der Waals surface area (Å²) < 4.78 is 2.19. The highest BCUT2D eigenvalue weighted by Crippen LogP contribution is 2.29. The molecule has 3 aromatic rings. The Morgan fingerprint density at radius 1 is 1.12 bits per heavy atom. The molecule has 1 aromatic carbocycles. The number of halogens is 2. The number of nitrogens with one attached hydrogen (secondary N) is 1. The van der Waals surface area contributed by atoms with Crippen LogP contribution in [0.1, 0.15) is 25.2 Å². The van der Waals surface area contributed by atoms with E-state index in [-0.39, 0.29) is 0 Å². The van der Waals surface area contributed by atoms with Crippen molar-refractivity contribution in [1.82, 2.24) is 14.5 Å². The summed E-state index contributed by atoms with van der Waals surface area (Å²) >= 11 is 12.4. The summed E-state index contributed by atoms with van der Waals surface area (Å²) in [5.74, 6) is 1.51. The molecule has 0 aliphatic carbocycles. The molecule has 2 aromatic heterocycles. The lowest BCUT2D eigenvalue weighted by Gasteiger charge is -2.10. The first-order valence-electron chi connectivity index (χ1n) is 8.28. The Morgan fingerprint density at radius 3 is 2.44 bits per heavy atom. The van der Waals surface area contributed by atoms with Crippen molar-refractivity contribution in [3.8, 4) is 11.4 Å². The highest BCUT2D eigenvalue weighted by atomic mass is 35.5. The molecular weight excluding hydrogens is 355 g/mol. The fourth-order valence-corrected chi connectivity index (χ4v) is 3.19. The van der Waals surface area contributed by atoms with E-state index in [1.165, 1.54) is 5.69 Å². The van der Waals surface area contributed by atoms with E-state index >= 15 is 0 Å². The number of anilines is 2. The van der Waals surface area contributed by atoms with Gasteiger partial charge in [0.1, 0.15) is 11.6 Å². The first-order valence-corrected chi connectivity index (χ1v) is 9.03. The second kappa shape index (κ2) is 7.46. The van der Waals surface area contributed by atoms with Gasteiger partial charge >= 0.3 is 0 Å². The predicted octanol–water partition coefficient (Wildman–Crippen LogP) is 5.89. The van der Waals surface area contributed by atoms with Crippen molar-refractivity contribution in [3.05, 3.63) is 58.0 Å². The number of benzene rings is 1. The predicted molar refractivity (Wildman–Crippen MR) is 105 cm³/mol. The normalized spacial score (nSPS) is 10.9. The molecular formula is C19H20Cl2N4. The van der Waals surface area contributed by atoms with Gasteiger partial charge < -0.3 is 9.88 Å². The molecule has 0 aliphatic heterocycles. The number of rotatable bonds is 5. The fraction of sp³-hybridized carbons (Fsp3) is 0.263. The van der Waals surface area contributed by atoms with Gasteiger partial charge in [-0.15, -0.1) is 0 Å². The van der Waals surface area contributed by atoms with E-state index in [2.05, 4.69) is 35.6 Å². The lowest BCUT2D eigenvalue weighted by Crippen LogP contribution is -2.01. The Bertz CT molecular complexity index is 885. The van der Waals surface area contributed by atoms with Gasteiger partial charge in [-0.2, -0.15) is 0 Å². The van der Waals surface area contributed by atoms with Crippen molar-refractivity contribution >= 4 is 34.7 Å². The summed E-state index contributed by atoms with van der Waals surface area (Å²) in [5.41, 5.74) is 4.10. The van der Waals surface area contributed by atoms with Crippen LogP contribution in [0.5, 0.6) is 0 Å². The van der Waals surface area contributed by atoms with Crippen LogP contribution in [-0.2, 0) is 13.0 Å². The number of nitrogens with zero attached hydrogens (tertiary/aromatic N) is 3. The maximum atomic E-state index is 6.45. The van der Waals surface area contributed by atoms with Crippen molar-refractivity contribution in [2.45, 2.75) is 33.7 Å². The zero-order valence-electron chi connectivity index (χ0n) is 14.5. The zero-order valence-corrected chi connectivity index (χ0v) is 16.0. The monoisotopic (exact) mass is 374 g/mol. The third kappa shape index (κ3) is 3.65. The van der Waals surface area contributed by atoms with Crippen molar-refractivity contribution < 1.29 is 0 Å². The van der Waals surface area contributed by atoms with E-state index in [1.807, 2.05) is 30.3 Å². The SMILES string of the molecule is CCc1nc(-c2cnc(Nc3ccc(Cl)cc3)c(Cl)c2)n(CC)c1C. The smallest absolute Gasteiger partial charge is 0.149 e. The maximum Gasteiger partial charge on any atom is 0.149 e. The van der Waals surface area contributed by atoms with Gasteiger partial charge in [-0.3, -0.25) is 0 Å². The molecule has 0 saturated heterocycles. The van der Waals surface area contributed by atoms with Crippen LogP contribution in [-0.4, -0.2) is 14.5 Å². The van der Waals surface area contributed by atoms with Crippen LogP contribution in [0.2, 0.25) is 10.0 Å². The van der Waals surface area contributed by atoms with E-state index in [4.69, 9.17) is 28.2 Å². The molecule has 0 fully saturated rings. The number of hydrogen-bond acceptors (Lipinski definition) is 3. The van der Waals surface area contributed by atoms with Crippen LogP contribution in [0.25, 0.3) is 11.4 Å². The van der Waals surface area contributed by atoms with Gasteiger partial charge in [0.15, 0.2) is 0 Å². The summed E-state index contributed by atoms with van der Waals surface area (Å²) in [6.07, 6.45) is 2.71. The molecule has 0 unspecified atom stereocenters. The Hall–Kier alpha value is -2.04. The van der Waals surface area contributed by atoms with Crippen molar-refractivity contribution in [2.24, 2.45) is 0 Å². The van der Waals surface area contributed by atoms with E-state index in [1.54, 1.807) is 6.20 Å². The minimum absolute atomic E-state index is 0.550. The minimum atomic E-state index is 0.550. The average Bonchev–Trinajstić information content (AvgIpc) is 2.94. The topological polar surface area (TPSA) is 42.7 Å². The van der Waals surface area contributed by atoms with Crippen molar-refractivity contribution in [1.29, 1.82) is 0 Å². The molecule has 1 N–H and O–H groups in total. The van der Waals surface area contributed by atoms with Crippen LogP contribution < -0.4 is 5.32 Å². The molecule has 130 valence electrons. The molecule has 2 heterocycles. The van der Waals surface area contributed by atoms with Crippen LogP contribution >= 0.6 is 23.2 Å². The molecule has 4 nitrogen and oxygen atoms in total. The molecule has 0 spiro atoms. The highest BCUT2D eigenvalue weighted by molar-refractivity contribution is 6.33. The summed E-state index contributed by atoms with van der Waals surface area (Å²) in [7, 11) is 0. The Labute approximate surface area is 157 Å². The van der Waals surface area contributed by atoms with Gasteiger partial charge in [0.25, 0.3) is 0 Å². The van der Waals surface area contributed by atoms with Gasteiger partial charge in [0, 0.05) is 34.7 Å². The van der Waals surface area contributed by atoms with Crippen LogP contribution in [0, 0.1) is 6.92 Å². The van der Waals surface area contributed by atoms with Crippen LogP contribution in [0.3, 0.4) is 0 Å². The number of imidazole rings is 1. The molecule has 0 radical (unpaired) electrons. The van der Waals surface area contributed by atoms with E-state index in [0.29, 0.717) is 15.9 Å². The van der Waals surface area contributed by atoms with E-state index in [0.717, 1.165) is 35.7 Å². The van der Waals surface area contributed by atoms with Gasteiger partial charge in [0.2, 0.25) is 0 Å². The van der Waals surface area contributed by atoms with Crippen molar-refractivity contribution in [2.75, 3.05) is 5.32 Å². The molecule has 0 aliphatic rings. The lowest BCUT2D eigenvalue weighted by molar-refractivity contribution is 0.742. The third-order valence-electron chi connectivity index (χ3n) is 4.18. The summed E-state index contributed by atoms with van der Waals surface area (Å²) in [6.45, 7) is 7.19. The average molecular weight is 375 g/mol. The van der Waals surface area contributed by atoms with Crippen LogP contribution in [0.15, 0.2) is 36.5 Å². The molecule has 6 heteroatoms. The maximum absolute atomic E-state index is 6.45. The second-order valence-corrected chi connectivity index (χ2v) is 6.60. The molecule has 0 bridgehead atoms. The highest BCUT2D eigenvalue weighted by Gasteiger charge is 2.15. The molecule has 25 heavy (non-hydrogen) atoms. The third-order valence-corrected chi connectivity index (χ3v) is 4.72.